The van der Waals surface area contributed by atoms with Crippen LogP contribution in [0.5, 0.6) is 0 Å². The van der Waals surface area contributed by atoms with Crippen LogP contribution in [0.3, 0.4) is 0 Å². The highest BCUT2D eigenvalue weighted by Gasteiger charge is 2.28. The third-order valence-corrected chi connectivity index (χ3v) is 8.38. The van der Waals surface area contributed by atoms with Crippen LogP contribution in [-0.4, -0.2) is 59.3 Å². The number of halogens is 1. The number of aryl methyl sites for hydroxylation is 1. The van der Waals surface area contributed by atoms with Crippen molar-refractivity contribution in [3.63, 3.8) is 0 Å². The van der Waals surface area contributed by atoms with Crippen molar-refractivity contribution in [2.75, 3.05) is 18.4 Å². The summed E-state index contributed by atoms with van der Waals surface area (Å²) in [5, 5.41) is 15.5. The van der Waals surface area contributed by atoms with Crippen LogP contribution < -0.4 is 5.32 Å². The first kappa shape index (κ1) is 26.7. The average Bonchev–Trinajstić information content (AvgIpc) is 3.56. The molecule has 5 heterocycles. The molecule has 2 aromatic carbocycles. The fraction of sp³-hybridized carbons (Fsp3) is 0.250. The maximum Gasteiger partial charge on any atom is 0.246 e. The lowest BCUT2D eigenvalue weighted by Gasteiger charge is -2.30. The van der Waals surface area contributed by atoms with Crippen LogP contribution in [0.15, 0.2) is 67.4 Å². The average molecular weight is 577 g/mol. The van der Waals surface area contributed by atoms with Crippen LogP contribution in [0, 0.1) is 5.82 Å². The molecule has 216 valence electrons. The Morgan fingerprint density at radius 1 is 0.977 bits per heavy atom. The van der Waals surface area contributed by atoms with Crippen molar-refractivity contribution < 1.29 is 14.0 Å². The molecule has 0 radical (unpaired) electrons. The third-order valence-electron chi connectivity index (χ3n) is 8.38. The molecule has 0 atom stereocenters. The predicted molar refractivity (Wildman–Crippen MR) is 162 cm³/mol. The molecular weight excluding hydrogens is 547 g/mol. The molecule has 1 saturated heterocycles. The number of carbonyl (C=O) groups is 2. The second-order valence-corrected chi connectivity index (χ2v) is 11.0. The molecule has 10 nitrogen and oxygen atoms in total. The second kappa shape index (κ2) is 10.6. The number of likely N-dealkylation sites (tertiary alicyclic amines) is 1. The predicted octanol–water partition coefficient (Wildman–Crippen LogP) is 5.04. The molecule has 0 saturated carbocycles. The Bertz CT molecular complexity index is 2040. The molecule has 4 aromatic heterocycles. The van der Waals surface area contributed by atoms with Crippen molar-refractivity contribution in [2.24, 2.45) is 7.05 Å². The van der Waals surface area contributed by atoms with Gasteiger partial charge in [-0.05, 0) is 42.7 Å². The lowest BCUT2D eigenvalue weighted by atomic mass is 9.89. The van der Waals surface area contributed by atoms with E-state index < -0.39 is 0 Å². The van der Waals surface area contributed by atoms with E-state index in [1.54, 1.807) is 47.3 Å². The molecule has 0 bridgehead atoms. The maximum absolute atomic E-state index is 15.7. The molecule has 1 fully saturated rings. The summed E-state index contributed by atoms with van der Waals surface area (Å²) in [6.07, 6.45) is 9.79. The van der Waals surface area contributed by atoms with Gasteiger partial charge in [0.05, 0.1) is 34.8 Å². The molecular formula is C32H29FN8O2. The van der Waals surface area contributed by atoms with E-state index >= 15 is 4.39 Å². The molecule has 1 aliphatic rings. The number of pyridine rings is 2. The number of nitrogens with one attached hydrogen (secondary N) is 1. The SMILES string of the molecule is CC(=O)N1CCC(c2nn(CC(=O)Nc3cncc4cnccc34)c3cccc(-c4cc5c(cnn5C)cc4F)c23)CC1. The van der Waals surface area contributed by atoms with Gasteiger partial charge in [0.1, 0.15) is 12.4 Å². The zero-order chi connectivity index (χ0) is 29.7. The van der Waals surface area contributed by atoms with E-state index in [1.807, 2.05) is 42.3 Å². The lowest BCUT2D eigenvalue weighted by molar-refractivity contribution is -0.129. The van der Waals surface area contributed by atoms with E-state index in [0.29, 0.717) is 29.9 Å². The van der Waals surface area contributed by atoms with Gasteiger partial charge in [-0.25, -0.2) is 4.39 Å². The normalized spacial score (nSPS) is 14.2. The fourth-order valence-electron chi connectivity index (χ4n) is 6.18. The van der Waals surface area contributed by atoms with Crippen LogP contribution in [0.4, 0.5) is 10.1 Å². The van der Waals surface area contributed by atoms with Crippen molar-refractivity contribution in [2.45, 2.75) is 32.2 Å². The van der Waals surface area contributed by atoms with Gasteiger partial charge in [-0.15, -0.1) is 0 Å². The summed E-state index contributed by atoms with van der Waals surface area (Å²) in [4.78, 5) is 35.6. The quantitative estimate of drug-likeness (QED) is 0.308. The van der Waals surface area contributed by atoms with Crippen molar-refractivity contribution >= 4 is 50.1 Å². The minimum atomic E-state index is -0.353. The van der Waals surface area contributed by atoms with Gasteiger partial charge >= 0.3 is 0 Å². The molecule has 0 unspecified atom stereocenters. The lowest BCUT2D eigenvalue weighted by Crippen LogP contribution is -2.36. The number of fused-ring (bicyclic) bond motifs is 3. The van der Waals surface area contributed by atoms with Crippen molar-refractivity contribution in [3.05, 3.63) is 78.9 Å². The van der Waals surface area contributed by atoms with Gasteiger partial charge < -0.3 is 10.2 Å². The second-order valence-electron chi connectivity index (χ2n) is 11.0. The summed E-state index contributed by atoms with van der Waals surface area (Å²) < 4.78 is 19.1. The van der Waals surface area contributed by atoms with Crippen molar-refractivity contribution in [1.29, 1.82) is 0 Å². The number of piperidine rings is 1. The number of amides is 2. The monoisotopic (exact) mass is 576 g/mol. The largest absolute Gasteiger partial charge is 0.343 e. The number of nitrogens with zero attached hydrogens (tertiary/aromatic N) is 7. The van der Waals surface area contributed by atoms with Crippen molar-refractivity contribution in [3.8, 4) is 11.1 Å². The topological polar surface area (TPSA) is 111 Å². The highest BCUT2D eigenvalue weighted by atomic mass is 19.1. The van der Waals surface area contributed by atoms with Crippen LogP contribution >= 0.6 is 0 Å². The van der Waals surface area contributed by atoms with Gasteiger partial charge in [-0.3, -0.25) is 28.9 Å². The summed E-state index contributed by atoms with van der Waals surface area (Å²) in [5.74, 6) is -0.520. The van der Waals surface area contributed by atoms with Gasteiger partial charge in [0, 0.05) is 78.7 Å². The Hall–Kier alpha value is -5.19. The standard InChI is InChI=1S/C32H29FN8O2/c1-19(42)40-10-7-20(8-11-40)32-31-24(25-13-29-21(12-26(25)33)16-36-39(29)2)4-3-5-28(31)41(38-32)18-30(43)37-27-17-35-15-22-14-34-9-6-23(22)27/h3-6,9,12-17,20H,7-8,10-11,18H2,1-2H3,(H,37,43). The Balaban J connectivity index is 1.31. The Morgan fingerprint density at radius 3 is 2.60 bits per heavy atom. The summed E-state index contributed by atoms with van der Waals surface area (Å²) >= 11 is 0. The Labute approximate surface area is 246 Å². The molecule has 11 heteroatoms. The molecule has 2 amide bonds. The van der Waals surface area contributed by atoms with Gasteiger partial charge in [0.25, 0.3) is 0 Å². The molecule has 0 spiro atoms. The van der Waals surface area contributed by atoms with Gasteiger partial charge in [-0.1, -0.05) is 12.1 Å². The molecule has 0 aliphatic carbocycles. The number of benzene rings is 2. The minimum Gasteiger partial charge on any atom is -0.343 e. The smallest absolute Gasteiger partial charge is 0.246 e. The van der Waals surface area contributed by atoms with E-state index in [4.69, 9.17) is 5.10 Å². The van der Waals surface area contributed by atoms with Crippen molar-refractivity contribution in [1.82, 2.24) is 34.4 Å². The fourth-order valence-corrected chi connectivity index (χ4v) is 6.18. The highest BCUT2D eigenvalue weighted by molar-refractivity contribution is 6.03. The minimum absolute atomic E-state index is 0.0434. The van der Waals surface area contributed by atoms with E-state index in [-0.39, 0.29) is 30.1 Å². The number of aromatic nitrogens is 6. The number of hydrogen-bond donors (Lipinski definition) is 1. The van der Waals surface area contributed by atoms with Gasteiger partial charge in [0.2, 0.25) is 11.8 Å². The summed E-state index contributed by atoms with van der Waals surface area (Å²) in [5.41, 5.74) is 4.11. The number of hydrogen-bond acceptors (Lipinski definition) is 6. The molecule has 1 aliphatic heterocycles. The van der Waals surface area contributed by atoms with Crippen LogP contribution in [0.2, 0.25) is 0 Å². The Morgan fingerprint density at radius 2 is 1.79 bits per heavy atom. The molecule has 7 rings (SSSR count). The first-order chi connectivity index (χ1) is 20.9. The van der Waals surface area contributed by atoms with Gasteiger partial charge in [0.15, 0.2) is 0 Å². The number of rotatable bonds is 5. The van der Waals surface area contributed by atoms with Gasteiger partial charge in [-0.2, -0.15) is 10.2 Å². The number of anilines is 1. The first-order valence-electron chi connectivity index (χ1n) is 14.2. The first-order valence-corrected chi connectivity index (χ1v) is 14.2. The maximum atomic E-state index is 15.7. The van der Waals surface area contributed by atoms with E-state index in [2.05, 4.69) is 20.4 Å². The summed E-state index contributed by atoms with van der Waals surface area (Å²) in [7, 11) is 1.83. The molecule has 43 heavy (non-hydrogen) atoms. The number of carbonyl (C=O) groups excluding carboxylic acids is 2. The summed E-state index contributed by atoms with van der Waals surface area (Å²) in [6, 6.07) is 10.8. The third kappa shape index (κ3) is 4.76. The highest BCUT2D eigenvalue weighted by Crippen LogP contribution is 2.40. The van der Waals surface area contributed by atoms with Crippen LogP contribution in [0.1, 0.15) is 31.4 Å². The van der Waals surface area contributed by atoms with E-state index in [9.17, 15) is 9.59 Å². The zero-order valence-corrected chi connectivity index (χ0v) is 23.8. The zero-order valence-electron chi connectivity index (χ0n) is 23.8. The molecule has 1 N–H and O–H groups in total. The van der Waals surface area contributed by atoms with Crippen LogP contribution in [0.25, 0.3) is 43.7 Å². The van der Waals surface area contributed by atoms with E-state index in [0.717, 1.165) is 51.1 Å². The Kier molecular flexibility index (Phi) is 6.56. The van der Waals surface area contributed by atoms with Crippen LogP contribution in [-0.2, 0) is 23.2 Å². The van der Waals surface area contributed by atoms with E-state index in [1.165, 1.54) is 6.07 Å². The molecule has 6 aromatic rings. The summed E-state index contributed by atoms with van der Waals surface area (Å²) in [6.45, 7) is 2.78.